The second-order valence-electron chi connectivity index (χ2n) is 2.60. The maximum absolute atomic E-state index is 13.0. The SMILES string of the molecule is CCOC(=O)c1cc(N=O)c(F)cc1Br. The summed E-state index contributed by atoms with van der Waals surface area (Å²) in [7, 11) is 0. The molecule has 0 bridgehead atoms. The third kappa shape index (κ3) is 2.59. The molecule has 1 aromatic carbocycles. The van der Waals surface area contributed by atoms with Gasteiger partial charge in [0.2, 0.25) is 0 Å². The predicted octanol–water partition coefficient (Wildman–Crippen LogP) is 3.16. The Bertz CT molecular complexity index is 409. The molecule has 0 saturated carbocycles. The van der Waals surface area contributed by atoms with Crippen LogP contribution < -0.4 is 0 Å². The van der Waals surface area contributed by atoms with E-state index in [-0.39, 0.29) is 16.6 Å². The lowest BCUT2D eigenvalue weighted by atomic mass is 10.2. The molecule has 0 N–H and O–H groups in total. The van der Waals surface area contributed by atoms with Crippen molar-refractivity contribution in [3.05, 3.63) is 32.9 Å². The molecule has 0 aromatic heterocycles. The Kier molecular flexibility index (Phi) is 3.90. The van der Waals surface area contributed by atoms with Crippen LogP contribution in [0, 0.1) is 10.7 Å². The second-order valence-corrected chi connectivity index (χ2v) is 3.45. The first-order valence-corrected chi connectivity index (χ1v) is 4.89. The van der Waals surface area contributed by atoms with Crippen molar-refractivity contribution in [3.63, 3.8) is 0 Å². The molecular formula is C9H7BrFNO3. The Balaban J connectivity index is 3.18. The van der Waals surface area contributed by atoms with Gasteiger partial charge < -0.3 is 4.74 Å². The molecule has 0 spiro atoms. The smallest absolute Gasteiger partial charge is 0.339 e. The van der Waals surface area contributed by atoms with Crippen molar-refractivity contribution >= 4 is 27.6 Å². The van der Waals surface area contributed by atoms with E-state index in [1.165, 1.54) is 0 Å². The largest absolute Gasteiger partial charge is 0.462 e. The molecule has 1 aromatic rings. The van der Waals surface area contributed by atoms with Gasteiger partial charge in [-0.15, -0.1) is 4.91 Å². The first kappa shape index (κ1) is 11.8. The van der Waals surface area contributed by atoms with E-state index in [0.717, 1.165) is 12.1 Å². The molecule has 0 aliphatic carbocycles. The Morgan fingerprint density at radius 3 is 2.80 bits per heavy atom. The summed E-state index contributed by atoms with van der Waals surface area (Å²) in [4.78, 5) is 21.5. The molecule has 0 aliphatic heterocycles. The van der Waals surface area contributed by atoms with Crippen LogP contribution in [0.5, 0.6) is 0 Å². The van der Waals surface area contributed by atoms with Crippen molar-refractivity contribution in [3.8, 4) is 0 Å². The minimum atomic E-state index is -0.787. The number of esters is 1. The number of hydrogen-bond donors (Lipinski definition) is 0. The molecule has 1 rings (SSSR count). The van der Waals surface area contributed by atoms with Crippen molar-refractivity contribution < 1.29 is 13.9 Å². The first-order chi connectivity index (χ1) is 7.10. The van der Waals surface area contributed by atoms with E-state index in [1.54, 1.807) is 6.92 Å². The van der Waals surface area contributed by atoms with Gasteiger partial charge in [0.05, 0.1) is 12.2 Å². The summed E-state index contributed by atoms with van der Waals surface area (Å²) in [6.07, 6.45) is 0. The molecular weight excluding hydrogens is 269 g/mol. The molecule has 0 amide bonds. The van der Waals surface area contributed by atoms with Gasteiger partial charge in [-0.3, -0.25) is 0 Å². The number of carbonyl (C=O) groups is 1. The molecule has 15 heavy (non-hydrogen) atoms. The van der Waals surface area contributed by atoms with E-state index in [4.69, 9.17) is 4.74 Å². The van der Waals surface area contributed by atoms with E-state index >= 15 is 0 Å². The van der Waals surface area contributed by atoms with Gasteiger partial charge in [0, 0.05) is 4.47 Å². The fraction of sp³-hybridized carbons (Fsp3) is 0.222. The van der Waals surface area contributed by atoms with E-state index in [2.05, 4.69) is 21.1 Å². The molecule has 0 radical (unpaired) electrons. The third-order valence-corrected chi connectivity index (χ3v) is 2.29. The molecule has 0 saturated heterocycles. The van der Waals surface area contributed by atoms with Gasteiger partial charge in [0.25, 0.3) is 0 Å². The average molecular weight is 276 g/mol. The predicted molar refractivity (Wildman–Crippen MR) is 55.5 cm³/mol. The minimum Gasteiger partial charge on any atom is -0.462 e. The molecule has 4 nitrogen and oxygen atoms in total. The average Bonchev–Trinajstić information content (AvgIpc) is 2.18. The maximum atomic E-state index is 13.0. The second kappa shape index (κ2) is 4.97. The molecule has 0 fully saturated rings. The van der Waals surface area contributed by atoms with E-state index in [9.17, 15) is 14.1 Å². The van der Waals surface area contributed by atoms with Crippen molar-refractivity contribution in [1.82, 2.24) is 0 Å². The summed E-state index contributed by atoms with van der Waals surface area (Å²) in [6, 6.07) is 2.05. The molecule has 6 heteroatoms. The summed E-state index contributed by atoms with van der Waals surface area (Å²) in [5.41, 5.74) is -0.339. The van der Waals surface area contributed by atoms with Crippen LogP contribution >= 0.6 is 15.9 Å². The van der Waals surface area contributed by atoms with E-state index < -0.39 is 17.5 Å². The van der Waals surface area contributed by atoms with Gasteiger partial charge in [-0.05, 0) is 40.2 Å². The van der Waals surface area contributed by atoms with Crippen molar-refractivity contribution in [2.24, 2.45) is 5.18 Å². The van der Waals surface area contributed by atoms with Crippen LogP contribution in [0.4, 0.5) is 10.1 Å². The number of nitrogens with zero attached hydrogens (tertiary/aromatic N) is 1. The van der Waals surface area contributed by atoms with Gasteiger partial charge >= 0.3 is 5.97 Å². The Morgan fingerprint density at radius 1 is 1.60 bits per heavy atom. The zero-order valence-corrected chi connectivity index (χ0v) is 9.38. The lowest BCUT2D eigenvalue weighted by molar-refractivity contribution is 0.0525. The van der Waals surface area contributed by atoms with Gasteiger partial charge in [-0.25, -0.2) is 9.18 Å². The van der Waals surface area contributed by atoms with Crippen LogP contribution in [-0.2, 0) is 4.74 Å². The number of rotatable bonds is 3. The van der Waals surface area contributed by atoms with E-state index in [1.807, 2.05) is 0 Å². The molecule has 80 valence electrons. The van der Waals surface area contributed by atoms with Crippen LogP contribution in [-0.4, -0.2) is 12.6 Å². The number of carbonyl (C=O) groups excluding carboxylic acids is 1. The number of ether oxygens (including phenoxy) is 1. The summed E-state index contributed by atoms with van der Waals surface area (Å²) in [5.74, 6) is -1.42. The fourth-order valence-electron chi connectivity index (χ4n) is 0.973. The third-order valence-electron chi connectivity index (χ3n) is 1.63. The first-order valence-electron chi connectivity index (χ1n) is 4.09. The quantitative estimate of drug-likeness (QED) is 0.629. The van der Waals surface area contributed by atoms with Gasteiger partial charge in [-0.1, -0.05) is 0 Å². The van der Waals surface area contributed by atoms with Crippen LogP contribution in [0.25, 0.3) is 0 Å². The Morgan fingerprint density at radius 2 is 2.27 bits per heavy atom. The molecule has 0 unspecified atom stereocenters. The highest BCUT2D eigenvalue weighted by Crippen LogP contribution is 2.26. The minimum absolute atomic E-state index is 0.0767. The monoisotopic (exact) mass is 275 g/mol. The molecule has 0 heterocycles. The standard InChI is InChI=1S/C9H7BrFNO3/c1-2-15-9(13)5-3-8(12-14)7(11)4-6(5)10/h3-4H,2H2,1H3. The van der Waals surface area contributed by atoms with Crippen LogP contribution in [0.3, 0.4) is 0 Å². The van der Waals surface area contributed by atoms with Crippen molar-refractivity contribution in [2.45, 2.75) is 6.92 Å². The topological polar surface area (TPSA) is 55.7 Å². The van der Waals surface area contributed by atoms with Gasteiger partial charge in [-0.2, -0.15) is 0 Å². The van der Waals surface area contributed by atoms with Gasteiger partial charge in [0.15, 0.2) is 5.82 Å². The normalized spacial score (nSPS) is 9.80. The number of nitroso groups, excluding NO2 is 1. The Hall–Kier alpha value is -1.30. The summed E-state index contributed by atoms with van der Waals surface area (Å²) < 4.78 is 17.9. The van der Waals surface area contributed by atoms with Crippen molar-refractivity contribution in [1.29, 1.82) is 0 Å². The number of hydrogen-bond acceptors (Lipinski definition) is 4. The lowest BCUT2D eigenvalue weighted by Crippen LogP contribution is -2.05. The summed E-state index contributed by atoms with van der Waals surface area (Å²) >= 11 is 3.00. The van der Waals surface area contributed by atoms with Crippen molar-refractivity contribution in [2.75, 3.05) is 6.61 Å². The zero-order valence-electron chi connectivity index (χ0n) is 7.79. The Labute approximate surface area is 93.5 Å². The van der Waals surface area contributed by atoms with E-state index in [0.29, 0.717) is 0 Å². The van der Waals surface area contributed by atoms with Crippen LogP contribution in [0.2, 0.25) is 0 Å². The highest BCUT2D eigenvalue weighted by Gasteiger charge is 2.15. The maximum Gasteiger partial charge on any atom is 0.339 e. The molecule has 0 atom stereocenters. The zero-order chi connectivity index (χ0) is 11.4. The number of halogens is 2. The van der Waals surface area contributed by atoms with Crippen LogP contribution in [0.15, 0.2) is 21.8 Å². The highest BCUT2D eigenvalue weighted by molar-refractivity contribution is 9.10. The highest BCUT2D eigenvalue weighted by atomic mass is 79.9. The number of benzene rings is 1. The fourth-order valence-corrected chi connectivity index (χ4v) is 1.45. The van der Waals surface area contributed by atoms with Crippen LogP contribution in [0.1, 0.15) is 17.3 Å². The van der Waals surface area contributed by atoms with Gasteiger partial charge in [0.1, 0.15) is 5.69 Å². The summed E-state index contributed by atoms with van der Waals surface area (Å²) in [5, 5.41) is 2.46. The lowest BCUT2D eigenvalue weighted by Gasteiger charge is -2.04. The molecule has 0 aliphatic rings. The summed E-state index contributed by atoms with van der Waals surface area (Å²) in [6.45, 7) is 1.85.